The Morgan fingerprint density at radius 2 is 2.15 bits per heavy atom. The van der Waals surface area contributed by atoms with Crippen molar-refractivity contribution in [1.29, 1.82) is 0 Å². The van der Waals surface area contributed by atoms with Crippen LogP contribution in [0.3, 0.4) is 0 Å². The van der Waals surface area contributed by atoms with Crippen LogP contribution < -0.4 is 5.73 Å². The summed E-state index contributed by atoms with van der Waals surface area (Å²) >= 11 is 9.06. The molecule has 0 spiro atoms. The lowest BCUT2D eigenvalue weighted by molar-refractivity contribution is 0.627. The van der Waals surface area contributed by atoms with E-state index in [9.17, 15) is 4.39 Å². The molecule has 5 nitrogen and oxygen atoms in total. The van der Waals surface area contributed by atoms with Crippen LogP contribution >= 0.6 is 34.7 Å². The molecular formula is C17H13ClFN5S2. The van der Waals surface area contributed by atoms with E-state index in [2.05, 4.69) is 15.2 Å². The van der Waals surface area contributed by atoms with Crippen LogP contribution in [-0.2, 0) is 12.8 Å². The first-order valence-electron chi connectivity index (χ1n) is 7.64. The number of rotatable bonds is 4. The molecule has 0 bridgehead atoms. The van der Waals surface area contributed by atoms with Crippen LogP contribution in [0.15, 0.2) is 41.7 Å². The van der Waals surface area contributed by atoms with Crippen molar-refractivity contribution in [3.63, 3.8) is 0 Å². The molecule has 0 atom stereocenters. The van der Waals surface area contributed by atoms with E-state index in [0.29, 0.717) is 22.3 Å². The maximum absolute atomic E-state index is 13.2. The molecule has 0 aliphatic carbocycles. The van der Waals surface area contributed by atoms with Gasteiger partial charge in [-0.2, -0.15) is 0 Å². The van der Waals surface area contributed by atoms with E-state index in [4.69, 9.17) is 17.3 Å². The summed E-state index contributed by atoms with van der Waals surface area (Å²) in [5.41, 5.74) is 7.78. The molecule has 4 rings (SSSR count). The number of nitrogens with two attached hydrogens (primary N) is 1. The molecule has 9 heteroatoms. The summed E-state index contributed by atoms with van der Waals surface area (Å²) in [5, 5.41) is 10.6. The lowest BCUT2D eigenvalue weighted by Gasteiger charge is -2.05. The number of hydrogen-bond acceptors (Lipinski definition) is 6. The van der Waals surface area contributed by atoms with E-state index in [1.807, 2.05) is 23.7 Å². The third-order valence-electron chi connectivity index (χ3n) is 3.91. The fraction of sp³-hybridized carbons (Fsp3) is 0.118. The van der Waals surface area contributed by atoms with Crippen LogP contribution in [0.25, 0.3) is 20.9 Å². The Morgan fingerprint density at radius 3 is 2.92 bits per heavy atom. The zero-order valence-electron chi connectivity index (χ0n) is 13.6. The number of hydrogen-bond donors (Lipinski definition) is 1. The van der Waals surface area contributed by atoms with Gasteiger partial charge in [-0.25, -0.2) is 9.37 Å². The number of thiophene rings is 1. The Bertz CT molecular complexity index is 1110. The van der Waals surface area contributed by atoms with Gasteiger partial charge in [0.05, 0.1) is 10.6 Å². The van der Waals surface area contributed by atoms with E-state index < -0.39 is 0 Å². The molecule has 0 fully saturated rings. The monoisotopic (exact) mass is 405 g/mol. The summed E-state index contributed by atoms with van der Waals surface area (Å²) in [7, 11) is 1.89. The number of pyridine rings is 1. The lowest BCUT2D eigenvalue weighted by atomic mass is 10.2. The smallest absolute Gasteiger partial charge is 0.191 e. The minimum Gasteiger partial charge on any atom is -0.397 e. The molecule has 0 aliphatic heterocycles. The Kier molecular flexibility index (Phi) is 4.56. The fourth-order valence-corrected chi connectivity index (χ4v) is 4.85. The normalized spacial score (nSPS) is 11.3. The Balaban J connectivity index is 1.62. The third kappa shape index (κ3) is 3.04. The van der Waals surface area contributed by atoms with Gasteiger partial charge in [-0.1, -0.05) is 29.4 Å². The Morgan fingerprint density at radius 1 is 1.31 bits per heavy atom. The van der Waals surface area contributed by atoms with Crippen molar-refractivity contribution in [2.45, 2.75) is 10.9 Å². The van der Waals surface area contributed by atoms with E-state index in [-0.39, 0.29) is 5.82 Å². The summed E-state index contributed by atoms with van der Waals surface area (Å²) in [6.07, 6.45) is 1.74. The minimum absolute atomic E-state index is 0.349. The average molecular weight is 406 g/mol. The highest BCUT2D eigenvalue weighted by molar-refractivity contribution is 7.98. The second-order valence-corrected chi connectivity index (χ2v) is 7.94. The van der Waals surface area contributed by atoms with Crippen molar-refractivity contribution in [1.82, 2.24) is 19.7 Å². The first-order valence-corrected chi connectivity index (χ1v) is 9.82. The van der Waals surface area contributed by atoms with Gasteiger partial charge >= 0.3 is 0 Å². The predicted octanol–water partition coefficient (Wildman–Crippen LogP) is 4.76. The molecule has 3 aromatic heterocycles. The van der Waals surface area contributed by atoms with Crippen LogP contribution in [0.5, 0.6) is 0 Å². The zero-order chi connectivity index (χ0) is 18.3. The van der Waals surface area contributed by atoms with E-state index in [1.165, 1.54) is 35.2 Å². The number of benzene rings is 1. The minimum atomic E-state index is -0.349. The number of nitrogens with zero attached hydrogens (tertiary/aromatic N) is 4. The lowest BCUT2D eigenvalue weighted by Crippen LogP contribution is -1.96. The molecule has 132 valence electrons. The molecular weight excluding hydrogens is 393 g/mol. The van der Waals surface area contributed by atoms with Crippen LogP contribution in [0.1, 0.15) is 5.56 Å². The largest absolute Gasteiger partial charge is 0.397 e. The number of anilines is 1. The van der Waals surface area contributed by atoms with Crippen molar-refractivity contribution in [2.75, 3.05) is 5.73 Å². The quantitative estimate of drug-likeness (QED) is 0.496. The van der Waals surface area contributed by atoms with Gasteiger partial charge in [0.2, 0.25) is 0 Å². The van der Waals surface area contributed by atoms with Crippen molar-refractivity contribution in [3.05, 3.63) is 52.9 Å². The molecule has 0 unspecified atom stereocenters. The van der Waals surface area contributed by atoms with Gasteiger partial charge < -0.3 is 10.3 Å². The first-order chi connectivity index (χ1) is 12.5. The Labute approximate surface area is 162 Å². The van der Waals surface area contributed by atoms with E-state index in [1.54, 1.807) is 12.3 Å². The van der Waals surface area contributed by atoms with Gasteiger partial charge in [-0.05, 0) is 29.8 Å². The molecule has 0 aliphatic rings. The first kappa shape index (κ1) is 17.3. The summed E-state index contributed by atoms with van der Waals surface area (Å²) in [4.78, 5) is 6.07. The van der Waals surface area contributed by atoms with Gasteiger partial charge in [0.25, 0.3) is 0 Å². The molecule has 2 N–H and O–H groups in total. The zero-order valence-corrected chi connectivity index (χ0v) is 16.0. The van der Waals surface area contributed by atoms with Crippen LogP contribution in [-0.4, -0.2) is 19.7 Å². The molecule has 1 aromatic carbocycles. The van der Waals surface area contributed by atoms with Gasteiger partial charge in [-0.3, -0.25) is 0 Å². The number of nitrogen functional groups attached to an aromatic ring is 1. The van der Waals surface area contributed by atoms with Crippen LogP contribution in [0, 0.1) is 5.82 Å². The van der Waals surface area contributed by atoms with Gasteiger partial charge in [0.1, 0.15) is 10.6 Å². The standard InChI is InChI=1S/C17H13ClFN5S2/c1-24-15(14-13(20)11-3-2-6-21-16(11)26-14)22-23-17(24)25-8-9-4-5-10(19)7-12(9)18/h2-7H,8,20H2,1H3. The van der Waals surface area contributed by atoms with Crippen molar-refractivity contribution >= 4 is 50.6 Å². The van der Waals surface area contributed by atoms with Gasteiger partial charge in [-0.15, -0.1) is 21.5 Å². The second kappa shape index (κ2) is 6.86. The topological polar surface area (TPSA) is 69.6 Å². The highest BCUT2D eigenvalue weighted by Gasteiger charge is 2.18. The second-order valence-electron chi connectivity index (χ2n) is 5.59. The molecule has 3 heterocycles. The highest BCUT2D eigenvalue weighted by atomic mass is 35.5. The number of aromatic nitrogens is 4. The molecule has 0 saturated carbocycles. The number of fused-ring (bicyclic) bond motifs is 1. The molecule has 0 saturated heterocycles. The number of halogens is 2. The molecule has 0 amide bonds. The van der Waals surface area contributed by atoms with Crippen LogP contribution in [0.4, 0.5) is 10.1 Å². The SMILES string of the molecule is Cn1c(SCc2ccc(F)cc2Cl)nnc1-c1sc2ncccc2c1N. The summed E-state index contributed by atoms with van der Waals surface area (Å²) in [5.74, 6) is 0.908. The molecule has 4 aromatic rings. The summed E-state index contributed by atoms with van der Waals surface area (Å²) in [6, 6.07) is 8.19. The summed E-state index contributed by atoms with van der Waals surface area (Å²) in [6.45, 7) is 0. The van der Waals surface area contributed by atoms with Gasteiger partial charge in [0, 0.05) is 29.4 Å². The van der Waals surface area contributed by atoms with E-state index >= 15 is 0 Å². The van der Waals surface area contributed by atoms with Crippen LogP contribution in [0.2, 0.25) is 5.02 Å². The van der Waals surface area contributed by atoms with Crippen molar-refractivity contribution < 1.29 is 4.39 Å². The Hall–Kier alpha value is -2.16. The van der Waals surface area contributed by atoms with Crippen molar-refractivity contribution in [3.8, 4) is 10.7 Å². The van der Waals surface area contributed by atoms with Crippen molar-refractivity contribution in [2.24, 2.45) is 7.05 Å². The highest BCUT2D eigenvalue weighted by Crippen LogP contribution is 2.39. The fourth-order valence-electron chi connectivity index (χ4n) is 2.54. The van der Waals surface area contributed by atoms with E-state index in [0.717, 1.165) is 25.8 Å². The van der Waals surface area contributed by atoms with Gasteiger partial charge in [0.15, 0.2) is 11.0 Å². The third-order valence-corrected chi connectivity index (χ3v) is 6.46. The predicted molar refractivity (Wildman–Crippen MR) is 105 cm³/mol. The maximum Gasteiger partial charge on any atom is 0.191 e. The molecule has 0 radical (unpaired) electrons. The maximum atomic E-state index is 13.2. The average Bonchev–Trinajstić information content (AvgIpc) is 3.15. The molecule has 26 heavy (non-hydrogen) atoms. The summed E-state index contributed by atoms with van der Waals surface area (Å²) < 4.78 is 15.1. The number of thioether (sulfide) groups is 1.